The number of nitrogens with zero attached hydrogens (tertiary/aromatic N) is 2. The van der Waals surface area contributed by atoms with Gasteiger partial charge in [0.15, 0.2) is 0 Å². The predicted molar refractivity (Wildman–Crippen MR) is 52.2 cm³/mol. The number of pyridine rings is 1. The second-order valence-corrected chi connectivity index (χ2v) is 3.74. The molecule has 1 aromatic rings. The van der Waals surface area contributed by atoms with Crippen LogP contribution in [-0.4, -0.2) is 17.9 Å². The van der Waals surface area contributed by atoms with Gasteiger partial charge in [0.1, 0.15) is 24.7 Å². The van der Waals surface area contributed by atoms with E-state index in [4.69, 9.17) is 10.00 Å². The first-order chi connectivity index (χ1) is 7.28. The topological polar surface area (TPSA) is 63.0 Å². The number of carbonyl (C=O) groups excluding carboxylic acids is 1. The van der Waals surface area contributed by atoms with Crippen molar-refractivity contribution in [3.8, 4) is 11.9 Å². The highest BCUT2D eigenvalue weighted by molar-refractivity contribution is 5.63. The summed E-state index contributed by atoms with van der Waals surface area (Å²) in [7, 11) is 0. The van der Waals surface area contributed by atoms with Crippen molar-refractivity contribution in [2.24, 2.45) is 5.41 Å². The molecule has 1 aromatic heterocycles. The van der Waals surface area contributed by atoms with Crippen LogP contribution in [-0.2, 0) is 4.79 Å². The van der Waals surface area contributed by atoms with E-state index in [1.54, 1.807) is 18.2 Å². The molecule has 0 saturated heterocycles. The summed E-state index contributed by atoms with van der Waals surface area (Å²) in [6, 6.07) is 6.94. The second-order valence-electron chi connectivity index (χ2n) is 3.74. The highest BCUT2D eigenvalue weighted by atomic mass is 16.5. The van der Waals surface area contributed by atoms with Crippen LogP contribution in [0.1, 0.15) is 18.5 Å². The van der Waals surface area contributed by atoms with Gasteiger partial charge in [0, 0.05) is 6.07 Å². The maximum atomic E-state index is 10.7. The number of nitriles is 1. The van der Waals surface area contributed by atoms with E-state index >= 15 is 0 Å². The van der Waals surface area contributed by atoms with Gasteiger partial charge in [-0.05, 0) is 18.9 Å². The Bertz CT molecular complexity index is 419. The van der Waals surface area contributed by atoms with Gasteiger partial charge < -0.3 is 9.53 Å². The molecule has 0 unspecified atom stereocenters. The summed E-state index contributed by atoms with van der Waals surface area (Å²) in [5, 5.41) is 8.62. The van der Waals surface area contributed by atoms with Crippen molar-refractivity contribution in [3.05, 3.63) is 23.9 Å². The molecule has 0 amide bonds. The van der Waals surface area contributed by atoms with E-state index in [0.717, 1.165) is 19.1 Å². The zero-order valence-electron chi connectivity index (χ0n) is 8.14. The molecular formula is C11H10N2O2. The second kappa shape index (κ2) is 3.70. The highest BCUT2D eigenvalue weighted by Crippen LogP contribution is 2.43. The Labute approximate surface area is 87.5 Å². The van der Waals surface area contributed by atoms with Crippen molar-refractivity contribution in [1.82, 2.24) is 4.98 Å². The summed E-state index contributed by atoms with van der Waals surface area (Å²) < 4.78 is 5.37. The summed E-state index contributed by atoms with van der Waals surface area (Å²) in [6.45, 7) is 0.360. The molecule has 0 aromatic carbocycles. The van der Waals surface area contributed by atoms with Crippen LogP contribution >= 0.6 is 0 Å². The Morgan fingerprint density at radius 3 is 3.00 bits per heavy atom. The Balaban J connectivity index is 1.99. The lowest BCUT2D eigenvalue weighted by molar-refractivity contribution is -0.113. The summed E-state index contributed by atoms with van der Waals surface area (Å²) >= 11 is 0. The first-order valence-corrected chi connectivity index (χ1v) is 4.74. The maximum Gasteiger partial charge on any atom is 0.214 e. The Morgan fingerprint density at radius 1 is 1.60 bits per heavy atom. The molecule has 1 aliphatic rings. The van der Waals surface area contributed by atoms with E-state index < -0.39 is 0 Å². The normalized spacial score (nSPS) is 16.5. The van der Waals surface area contributed by atoms with Crippen molar-refractivity contribution in [3.63, 3.8) is 0 Å². The van der Waals surface area contributed by atoms with Gasteiger partial charge in [0.05, 0.1) is 5.41 Å². The molecule has 0 spiro atoms. The van der Waals surface area contributed by atoms with E-state index in [1.165, 1.54) is 0 Å². The minimum Gasteiger partial charge on any atom is -0.477 e. The van der Waals surface area contributed by atoms with Gasteiger partial charge >= 0.3 is 0 Å². The fraction of sp³-hybridized carbons (Fsp3) is 0.364. The number of rotatable bonds is 4. The number of hydrogen-bond acceptors (Lipinski definition) is 4. The first-order valence-electron chi connectivity index (χ1n) is 4.74. The molecule has 1 saturated carbocycles. The van der Waals surface area contributed by atoms with Gasteiger partial charge in [-0.2, -0.15) is 5.26 Å². The van der Waals surface area contributed by atoms with Crippen LogP contribution in [0.3, 0.4) is 0 Å². The standard InChI is InChI=1S/C11H10N2O2/c12-6-9-2-1-3-10(13-9)15-8-11(7-14)4-5-11/h1-3,7H,4-5,8H2. The fourth-order valence-corrected chi connectivity index (χ4v) is 1.23. The van der Waals surface area contributed by atoms with Crippen molar-refractivity contribution in [2.45, 2.75) is 12.8 Å². The average molecular weight is 202 g/mol. The largest absolute Gasteiger partial charge is 0.477 e. The van der Waals surface area contributed by atoms with E-state index in [2.05, 4.69) is 4.98 Å². The zero-order valence-corrected chi connectivity index (χ0v) is 8.14. The molecule has 0 radical (unpaired) electrons. The lowest BCUT2D eigenvalue weighted by atomic mass is 10.1. The van der Waals surface area contributed by atoms with Crippen LogP contribution in [0.25, 0.3) is 0 Å². The molecular weight excluding hydrogens is 192 g/mol. The Hall–Kier alpha value is -1.89. The number of ether oxygens (including phenoxy) is 1. The van der Waals surface area contributed by atoms with E-state index in [0.29, 0.717) is 18.2 Å². The maximum absolute atomic E-state index is 10.7. The smallest absolute Gasteiger partial charge is 0.214 e. The SMILES string of the molecule is N#Cc1cccc(OCC2(C=O)CC2)n1. The molecule has 2 rings (SSSR count). The number of aromatic nitrogens is 1. The molecule has 0 bridgehead atoms. The molecule has 0 aliphatic heterocycles. The van der Waals surface area contributed by atoms with E-state index in [-0.39, 0.29) is 5.41 Å². The highest BCUT2D eigenvalue weighted by Gasteiger charge is 2.43. The lowest BCUT2D eigenvalue weighted by Crippen LogP contribution is -2.14. The fourth-order valence-electron chi connectivity index (χ4n) is 1.23. The van der Waals surface area contributed by atoms with Crippen molar-refractivity contribution in [1.29, 1.82) is 5.26 Å². The van der Waals surface area contributed by atoms with Crippen LogP contribution in [0.2, 0.25) is 0 Å². The van der Waals surface area contributed by atoms with Gasteiger partial charge in [0.2, 0.25) is 5.88 Å². The minimum atomic E-state index is -0.287. The van der Waals surface area contributed by atoms with Crippen LogP contribution in [0, 0.1) is 16.7 Å². The first kappa shape index (κ1) is 9.66. The Morgan fingerprint density at radius 2 is 2.40 bits per heavy atom. The van der Waals surface area contributed by atoms with Gasteiger partial charge in [-0.3, -0.25) is 0 Å². The van der Waals surface area contributed by atoms with Crippen LogP contribution in [0.15, 0.2) is 18.2 Å². The quantitative estimate of drug-likeness (QED) is 0.690. The van der Waals surface area contributed by atoms with Crippen molar-refractivity contribution in [2.75, 3.05) is 6.61 Å². The van der Waals surface area contributed by atoms with E-state index in [1.807, 2.05) is 6.07 Å². The van der Waals surface area contributed by atoms with Crippen LogP contribution in [0.4, 0.5) is 0 Å². The molecule has 0 atom stereocenters. The molecule has 1 fully saturated rings. The lowest BCUT2D eigenvalue weighted by Gasteiger charge is -2.08. The molecule has 1 heterocycles. The molecule has 0 N–H and O–H groups in total. The third kappa shape index (κ3) is 2.13. The monoisotopic (exact) mass is 202 g/mol. The van der Waals surface area contributed by atoms with Gasteiger partial charge in [-0.15, -0.1) is 0 Å². The van der Waals surface area contributed by atoms with Gasteiger partial charge in [-0.25, -0.2) is 4.98 Å². The van der Waals surface area contributed by atoms with Crippen molar-refractivity contribution >= 4 is 6.29 Å². The molecule has 1 aliphatic carbocycles. The third-order valence-electron chi connectivity index (χ3n) is 2.49. The van der Waals surface area contributed by atoms with Gasteiger partial charge in [0.25, 0.3) is 0 Å². The summed E-state index contributed by atoms with van der Waals surface area (Å²) in [6.07, 6.45) is 2.71. The summed E-state index contributed by atoms with van der Waals surface area (Å²) in [5.74, 6) is 0.405. The average Bonchev–Trinajstić information content (AvgIpc) is 3.07. The van der Waals surface area contributed by atoms with Crippen molar-refractivity contribution < 1.29 is 9.53 Å². The van der Waals surface area contributed by atoms with Gasteiger partial charge in [-0.1, -0.05) is 6.07 Å². The predicted octanol–water partition coefficient (Wildman–Crippen LogP) is 1.31. The Kier molecular flexibility index (Phi) is 2.38. The molecule has 76 valence electrons. The minimum absolute atomic E-state index is 0.287. The summed E-state index contributed by atoms with van der Waals surface area (Å²) in [5.41, 5.74) is 0.0353. The summed E-state index contributed by atoms with van der Waals surface area (Å²) in [4.78, 5) is 14.6. The van der Waals surface area contributed by atoms with Crippen LogP contribution < -0.4 is 4.74 Å². The number of hydrogen-bond donors (Lipinski definition) is 0. The molecule has 15 heavy (non-hydrogen) atoms. The number of carbonyl (C=O) groups is 1. The number of aldehydes is 1. The third-order valence-corrected chi connectivity index (χ3v) is 2.49. The molecule has 4 heteroatoms. The van der Waals surface area contributed by atoms with E-state index in [9.17, 15) is 4.79 Å². The molecule has 4 nitrogen and oxygen atoms in total. The zero-order chi connectivity index (χ0) is 10.7. The van der Waals surface area contributed by atoms with Crippen LogP contribution in [0.5, 0.6) is 5.88 Å².